The zero-order valence-electron chi connectivity index (χ0n) is 10.1. The number of hydrogen-bond acceptors (Lipinski definition) is 2. The van der Waals surface area contributed by atoms with Crippen molar-refractivity contribution < 1.29 is 14.7 Å². The van der Waals surface area contributed by atoms with E-state index < -0.39 is 11.9 Å². The van der Waals surface area contributed by atoms with Crippen molar-refractivity contribution in [2.75, 3.05) is 26.2 Å². The first-order valence-electron chi connectivity index (χ1n) is 5.80. The first-order valence-corrected chi connectivity index (χ1v) is 5.80. The number of urea groups is 1. The fourth-order valence-electron chi connectivity index (χ4n) is 1.98. The fourth-order valence-corrected chi connectivity index (χ4v) is 1.98. The topological polar surface area (TPSA) is 60.9 Å². The molecule has 1 N–H and O–H groups in total. The van der Waals surface area contributed by atoms with Gasteiger partial charge in [-0.2, -0.15) is 0 Å². The largest absolute Gasteiger partial charge is 0.481 e. The van der Waals surface area contributed by atoms with E-state index in [1.165, 1.54) is 0 Å². The number of aliphatic carboxylic acids is 1. The number of hydrogen-bond donors (Lipinski definition) is 1. The Labute approximate surface area is 101 Å². The Balaban J connectivity index is 2.62. The summed E-state index contributed by atoms with van der Waals surface area (Å²) in [4.78, 5) is 26.1. The normalized spacial score (nSPS) is 19.5. The number of carbonyl (C=O) groups is 2. The lowest BCUT2D eigenvalue weighted by molar-refractivity contribution is -0.143. The van der Waals surface area contributed by atoms with Crippen LogP contribution in [0.4, 0.5) is 4.79 Å². The second-order valence-electron chi connectivity index (χ2n) is 4.12. The van der Waals surface area contributed by atoms with Crippen LogP contribution in [0.25, 0.3) is 0 Å². The van der Waals surface area contributed by atoms with Gasteiger partial charge in [0.05, 0.1) is 12.5 Å². The molecule has 5 nitrogen and oxygen atoms in total. The van der Waals surface area contributed by atoms with E-state index in [1.54, 1.807) is 9.80 Å². The van der Waals surface area contributed by atoms with Gasteiger partial charge in [-0.05, 0) is 19.8 Å². The van der Waals surface area contributed by atoms with E-state index >= 15 is 0 Å². The van der Waals surface area contributed by atoms with Gasteiger partial charge in [-0.1, -0.05) is 5.92 Å². The summed E-state index contributed by atoms with van der Waals surface area (Å²) in [6.45, 7) is 3.56. The summed E-state index contributed by atoms with van der Waals surface area (Å²) in [5, 5.41) is 8.95. The molecule has 0 spiro atoms. The molecule has 5 heteroatoms. The second kappa shape index (κ2) is 6.14. The molecule has 1 saturated heterocycles. The van der Waals surface area contributed by atoms with E-state index in [0.29, 0.717) is 19.5 Å². The molecule has 1 heterocycles. The van der Waals surface area contributed by atoms with Crippen LogP contribution in [-0.2, 0) is 4.79 Å². The number of carboxylic acids is 1. The molecule has 1 atom stereocenters. The molecule has 17 heavy (non-hydrogen) atoms. The zero-order valence-corrected chi connectivity index (χ0v) is 10.1. The molecular formula is C12H18N2O3. The van der Waals surface area contributed by atoms with Gasteiger partial charge in [0.25, 0.3) is 0 Å². The van der Waals surface area contributed by atoms with Crippen LogP contribution in [0, 0.1) is 18.3 Å². The SMILES string of the molecule is C#CCN(CC)C(=O)N1CCCC(C(=O)O)C1. The molecule has 1 aliphatic rings. The molecule has 0 aromatic rings. The summed E-state index contributed by atoms with van der Waals surface area (Å²) < 4.78 is 0. The number of piperidine rings is 1. The highest BCUT2D eigenvalue weighted by Crippen LogP contribution is 2.17. The van der Waals surface area contributed by atoms with Crippen LogP contribution in [0.5, 0.6) is 0 Å². The number of rotatable bonds is 3. The summed E-state index contributed by atoms with van der Waals surface area (Å²) in [6, 6.07) is -0.156. The van der Waals surface area contributed by atoms with Crippen molar-refractivity contribution in [1.82, 2.24) is 9.80 Å². The minimum Gasteiger partial charge on any atom is -0.481 e. The lowest BCUT2D eigenvalue weighted by Gasteiger charge is -2.34. The number of nitrogens with zero attached hydrogens (tertiary/aromatic N) is 2. The number of terminal acetylenes is 1. The van der Waals surface area contributed by atoms with Gasteiger partial charge in [-0.15, -0.1) is 6.42 Å². The molecule has 0 aromatic carbocycles. The first kappa shape index (κ1) is 13.4. The Morgan fingerprint density at radius 2 is 2.29 bits per heavy atom. The average molecular weight is 238 g/mol. The van der Waals surface area contributed by atoms with E-state index in [4.69, 9.17) is 11.5 Å². The molecule has 0 aromatic heterocycles. The quantitative estimate of drug-likeness (QED) is 0.742. The standard InChI is InChI=1S/C12H18N2O3/c1-3-7-13(4-2)12(17)14-8-5-6-10(9-14)11(15)16/h1,10H,4-9H2,2H3,(H,15,16). The van der Waals surface area contributed by atoms with Gasteiger partial charge in [0.15, 0.2) is 0 Å². The van der Waals surface area contributed by atoms with E-state index in [0.717, 1.165) is 6.42 Å². The van der Waals surface area contributed by atoms with Crippen molar-refractivity contribution in [1.29, 1.82) is 0 Å². The lowest BCUT2D eigenvalue weighted by atomic mass is 9.99. The predicted octanol–water partition coefficient (Wildman–Crippen LogP) is 0.858. The van der Waals surface area contributed by atoms with Crippen LogP contribution < -0.4 is 0 Å². The Morgan fingerprint density at radius 3 is 2.82 bits per heavy atom. The first-order chi connectivity index (χ1) is 8.10. The predicted molar refractivity (Wildman–Crippen MR) is 63.4 cm³/mol. The van der Waals surface area contributed by atoms with Gasteiger partial charge >= 0.3 is 12.0 Å². The van der Waals surface area contributed by atoms with E-state index in [9.17, 15) is 9.59 Å². The monoisotopic (exact) mass is 238 g/mol. The van der Waals surface area contributed by atoms with Crippen LogP contribution in [-0.4, -0.2) is 53.1 Å². The number of carboxylic acid groups (broad SMARTS) is 1. The minimum absolute atomic E-state index is 0.156. The van der Waals surface area contributed by atoms with Crippen molar-refractivity contribution >= 4 is 12.0 Å². The summed E-state index contributed by atoms with van der Waals surface area (Å²) in [6.07, 6.45) is 6.56. The maximum Gasteiger partial charge on any atom is 0.320 e. The van der Waals surface area contributed by atoms with Crippen molar-refractivity contribution in [2.45, 2.75) is 19.8 Å². The molecule has 1 rings (SSSR count). The van der Waals surface area contributed by atoms with Gasteiger partial charge in [0.1, 0.15) is 0 Å². The van der Waals surface area contributed by atoms with Crippen LogP contribution >= 0.6 is 0 Å². The highest BCUT2D eigenvalue weighted by Gasteiger charge is 2.29. The van der Waals surface area contributed by atoms with E-state index in [1.807, 2.05) is 6.92 Å². The second-order valence-corrected chi connectivity index (χ2v) is 4.12. The van der Waals surface area contributed by atoms with Gasteiger partial charge in [0.2, 0.25) is 0 Å². The lowest BCUT2D eigenvalue weighted by Crippen LogP contribution is -2.48. The van der Waals surface area contributed by atoms with Crippen molar-refractivity contribution in [2.24, 2.45) is 5.92 Å². The molecule has 1 fully saturated rings. The highest BCUT2D eigenvalue weighted by atomic mass is 16.4. The van der Waals surface area contributed by atoms with Crippen LogP contribution in [0.15, 0.2) is 0 Å². The van der Waals surface area contributed by atoms with E-state index in [2.05, 4.69) is 5.92 Å². The molecular weight excluding hydrogens is 220 g/mol. The third kappa shape index (κ3) is 3.38. The van der Waals surface area contributed by atoms with Crippen LogP contribution in [0.3, 0.4) is 0 Å². The van der Waals surface area contributed by atoms with Gasteiger partial charge in [-0.25, -0.2) is 4.79 Å². The molecule has 0 bridgehead atoms. The van der Waals surface area contributed by atoms with Crippen molar-refractivity contribution in [3.8, 4) is 12.3 Å². The van der Waals surface area contributed by atoms with E-state index in [-0.39, 0.29) is 19.1 Å². The molecule has 0 radical (unpaired) electrons. The maximum absolute atomic E-state index is 12.1. The van der Waals surface area contributed by atoms with Gasteiger partial charge in [0, 0.05) is 19.6 Å². The third-order valence-corrected chi connectivity index (χ3v) is 2.98. The number of likely N-dealkylation sites (tertiary alicyclic amines) is 1. The molecule has 94 valence electrons. The summed E-state index contributed by atoms with van der Waals surface area (Å²) in [5.41, 5.74) is 0. The third-order valence-electron chi connectivity index (χ3n) is 2.98. The Bertz CT molecular complexity index is 335. The summed E-state index contributed by atoms with van der Waals surface area (Å²) >= 11 is 0. The summed E-state index contributed by atoms with van der Waals surface area (Å²) in [7, 11) is 0. The Kier molecular flexibility index (Phi) is 4.83. The molecule has 0 aliphatic carbocycles. The zero-order chi connectivity index (χ0) is 12.8. The van der Waals surface area contributed by atoms with Crippen LogP contribution in [0.2, 0.25) is 0 Å². The number of carbonyl (C=O) groups excluding carboxylic acids is 1. The number of amides is 2. The van der Waals surface area contributed by atoms with Crippen molar-refractivity contribution in [3.05, 3.63) is 0 Å². The Morgan fingerprint density at radius 1 is 1.59 bits per heavy atom. The maximum atomic E-state index is 12.1. The van der Waals surface area contributed by atoms with Crippen LogP contribution in [0.1, 0.15) is 19.8 Å². The smallest absolute Gasteiger partial charge is 0.320 e. The molecule has 0 saturated carbocycles. The van der Waals surface area contributed by atoms with Crippen molar-refractivity contribution in [3.63, 3.8) is 0 Å². The van der Waals surface area contributed by atoms with Gasteiger partial charge < -0.3 is 14.9 Å². The highest BCUT2D eigenvalue weighted by molar-refractivity contribution is 5.77. The summed E-state index contributed by atoms with van der Waals surface area (Å²) in [5.74, 6) is 1.16. The van der Waals surface area contributed by atoms with Gasteiger partial charge in [-0.3, -0.25) is 4.79 Å². The molecule has 1 aliphatic heterocycles. The Hall–Kier alpha value is -1.70. The average Bonchev–Trinajstić information content (AvgIpc) is 2.35. The minimum atomic E-state index is -0.831. The molecule has 1 unspecified atom stereocenters. The fraction of sp³-hybridized carbons (Fsp3) is 0.667. The molecule has 2 amide bonds.